The molecule has 0 radical (unpaired) electrons. The standard InChI is InChI=1S/C17H15FN4O2/c18-16-5-4-12(6-14(16)9-23)8-20-17(24)13-2-1-3-15(7-13)22-11-19-10-21-22/h1-7,10-11,23H,8-9H2,(H,20,24). The van der Waals surface area contributed by atoms with Crippen molar-refractivity contribution in [3.05, 3.63) is 77.6 Å². The molecule has 3 rings (SSSR count). The van der Waals surface area contributed by atoms with Crippen molar-refractivity contribution in [2.24, 2.45) is 0 Å². The van der Waals surface area contributed by atoms with Crippen LogP contribution in [0.25, 0.3) is 5.69 Å². The molecule has 24 heavy (non-hydrogen) atoms. The van der Waals surface area contributed by atoms with Crippen LogP contribution in [0, 0.1) is 5.82 Å². The van der Waals surface area contributed by atoms with Crippen LogP contribution in [0.3, 0.4) is 0 Å². The molecule has 1 amide bonds. The molecule has 0 aliphatic rings. The van der Waals surface area contributed by atoms with Crippen LogP contribution < -0.4 is 5.32 Å². The van der Waals surface area contributed by atoms with E-state index in [9.17, 15) is 9.18 Å². The number of halogens is 1. The van der Waals surface area contributed by atoms with E-state index in [1.807, 2.05) is 6.07 Å². The first-order valence-electron chi connectivity index (χ1n) is 7.29. The molecule has 6 nitrogen and oxygen atoms in total. The molecule has 0 fully saturated rings. The van der Waals surface area contributed by atoms with Gasteiger partial charge in [0.15, 0.2) is 0 Å². The van der Waals surface area contributed by atoms with Gasteiger partial charge in [-0.15, -0.1) is 0 Å². The number of benzene rings is 2. The molecule has 0 bridgehead atoms. The van der Waals surface area contributed by atoms with Gasteiger partial charge in [-0.2, -0.15) is 5.10 Å². The van der Waals surface area contributed by atoms with Gasteiger partial charge in [-0.3, -0.25) is 4.79 Å². The van der Waals surface area contributed by atoms with Crippen LogP contribution in [0.4, 0.5) is 4.39 Å². The average molecular weight is 326 g/mol. The molecule has 2 aromatic carbocycles. The molecule has 1 aromatic heterocycles. The van der Waals surface area contributed by atoms with Gasteiger partial charge in [0.25, 0.3) is 5.91 Å². The molecular formula is C17H15FN4O2. The average Bonchev–Trinajstić information content (AvgIpc) is 3.15. The first-order chi connectivity index (χ1) is 11.7. The summed E-state index contributed by atoms with van der Waals surface area (Å²) in [6.45, 7) is -0.146. The zero-order valence-electron chi connectivity index (χ0n) is 12.7. The summed E-state index contributed by atoms with van der Waals surface area (Å²) in [4.78, 5) is 16.2. The van der Waals surface area contributed by atoms with Gasteiger partial charge in [0, 0.05) is 17.7 Å². The molecule has 3 aromatic rings. The number of aliphatic hydroxyl groups is 1. The third-order valence-corrected chi connectivity index (χ3v) is 3.53. The number of rotatable bonds is 5. The number of nitrogens with zero attached hydrogens (tertiary/aromatic N) is 3. The van der Waals surface area contributed by atoms with E-state index in [1.165, 1.54) is 18.5 Å². The van der Waals surface area contributed by atoms with Crippen LogP contribution in [0.15, 0.2) is 55.1 Å². The monoisotopic (exact) mass is 326 g/mol. The summed E-state index contributed by atoms with van der Waals surface area (Å²) >= 11 is 0. The van der Waals surface area contributed by atoms with E-state index in [4.69, 9.17) is 5.11 Å². The molecule has 0 unspecified atom stereocenters. The fourth-order valence-corrected chi connectivity index (χ4v) is 2.27. The minimum atomic E-state index is -0.465. The van der Waals surface area contributed by atoms with Crippen LogP contribution in [0.1, 0.15) is 21.5 Å². The molecule has 7 heteroatoms. The Hall–Kier alpha value is -3.06. The minimum absolute atomic E-state index is 0.204. The summed E-state index contributed by atoms with van der Waals surface area (Å²) in [5, 5.41) is 15.9. The molecule has 1 heterocycles. The summed E-state index contributed by atoms with van der Waals surface area (Å²) < 4.78 is 14.9. The third-order valence-electron chi connectivity index (χ3n) is 3.53. The first-order valence-corrected chi connectivity index (χ1v) is 7.29. The molecule has 122 valence electrons. The van der Waals surface area contributed by atoms with Crippen LogP contribution in [-0.2, 0) is 13.2 Å². The lowest BCUT2D eigenvalue weighted by Gasteiger charge is -2.08. The SMILES string of the molecule is O=C(NCc1ccc(F)c(CO)c1)c1cccc(-n2cncn2)c1. The Morgan fingerprint density at radius 3 is 2.88 bits per heavy atom. The van der Waals surface area contributed by atoms with Gasteiger partial charge in [0.05, 0.1) is 12.3 Å². The van der Waals surface area contributed by atoms with E-state index in [-0.39, 0.29) is 24.6 Å². The smallest absolute Gasteiger partial charge is 0.251 e. The second kappa shape index (κ2) is 7.01. The Labute approximate surface area is 137 Å². The molecule has 0 aliphatic heterocycles. The van der Waals surface area contributed by atoms with Gasteiger partial charge in [0.2, 0.25) is 0 Å². The number of amides is 1. The lowest BCUT2D eigenvalue weighted by molar-refractivity contribution is 0.0951. The van der Waals surface area contributed by atoms with E-state index >= 15 is 0 Å². The lowest BCUT2D eigenvalue weighted by Crippen LogP contribution is -2.23. The number of hydrogen-bond acceptors (Lipinski definition) is 4. The van der Waals surface area contributed by atoms with Crippen molar-refractivity contribution in [2.75, 3.05) is 0 Å². The fraction of sp³-hybridized carbons (Fsp3) is 0.118. The fourth-order valence-electron chi connectivity index (χ4n) is 2.27. The first kappa shape index (κ1) is 15.8. The molecule has 2 N–H and O–H groups in total. The van der Waals surface area contributed by atoms with Gasteiger partial charge in [-0.25, -0.2) is 14.1 Å². The summed E-state index contributed by atoms with van der Waals surface area (Å²) in [6, 6.07) is 11.3. The molecule has 0 aliphatic carbocycles. The van der Waals surface area contributed by atoms with Crippen LogP contribution in [-0.4, -0.2) is 25.8 Å². The highest BCUT2D eigenvalue weighted by molar-refractivity contribution is 5.94. The van der Waals surface area contributed by atoms with Crippen LogP contribution >= 0.6 is 0 Å². The van der Waals surface area contributed by atoms with Crippen molar-refractivity contribution < 1.29 is 14.3 Å². The Kier molecular flexibility index (Phi) is 4.62. The third kappa shape index (κ3) is 3.47. The van der Waals surface area contributed by atoms with Crippen molar-refractivity contribution in [3.8, 4) is 5.69 Å². The van der Waals surface area contributed by atoms with Gasteiger partial charge >= 0.3 is 0 Å². The summed E-state index contributed by atoms with van der Waals surface area (Å²) in [7, 11) is 0. The van der Waals surface area contributed by atoms with Crippen LogP contribution in [0.5, 0.6) is 0 Å². The highest BCUT2D eigenvalue weighted by Crippen LogP contribution is 2.12. The van der Waals surface area contributed by atoms with Crippen molar-refractivity contribution in [1.29, 1.82) is 0 Å². The minimum Gasteiger partial charge on any atom is -0.392 e. The molecule has 0 saturated carbocycles. The Balaban J connectivity index is 1.70. The van der Waals surface area contributed by atoms with Crippen molar-refractivity contribution >= 4 is 5.91 Å². The van der Waals surface area contributed by atoms with E-state index in [0.29, 0.717) is 11.1 Å². The number of aliphatic hydroxyl groups excluding tert-OH is 1. The molecule has 0 spiro atoms. The maximum atomic E-state index is 13.4. The normalized spacial score (nSPS) is 10.6. The lowest BCUT2D eigenvalue weighted by atomic mass is 10.1. The maximum absolute atomic E-state index is 13.4. The van der Waals surface area contributed by atoms with E-state index < -0.39 is 5.82 Å². The molecule has 0 saturated heterocycles. The molecule has 0 atom stereocenters. The van der Waals surface area contributed by atoms with E-state index in [0.717, 1.165) is 5.69 Å². The Morgan fingerprint density at radius 1 is 1.25 bits per heavy atom. The number of carbonyl (C=O) groups is 1. The summed E-state index contributed by atoms with van der Waals surface area (Å²) in [6.07, 6.45) is 2.96. The van der Waals surface area contributed by atoms with Crippen molar-refractivity contribution in [2.45, 2.75) is 13.2 Å². The van der Waals surface area contributed by atoms with Gasteiger partial charge < -0.3 is 10.4 Å². The second-order valence-electron chi connectivity index (χ2n) is 5.16. The van der Waals surface area contributed by atoms with E-state index in [1.54, 1.807) is 35.3 Å². The van der Waals surface area contributed by atoms with Crippen molar-refractivity contribution in [3.63, 3.8) is 0 Å². The maximum Gasteiger partial charge on any atom is 0.251 e. The summed E-state index contributed by atoms with van der Waals surface area (Å²) in [5.41, 5.74) is 2.12. The number of hydrogen-bond donors (Lipinski definition) is 2. The quantitative estimate of drug-likeness (QED) is 0.749. The zero-order chi connectivity index (χ0) is 16.9. The predicted octanol–water partition coefficient (Wildman–Crippen LogP) is 1.83. The number of carbonyl (C=O) groups excluding carboxylic acids is 1. The van der Waals surface area contributed by atoms with Gasteiger partial charge in [-0.05, 0) is 35.9 Å². The molecular weight excluding hydrogens is 311 g/mol. The highest BCUT2D eigenvalue weighted by atomic mass is 19.1. The Morgan fingerprint density at radius 2 is 2.12 bits per heavy atom. The van der Waals surface area contributed by atoms with E-state index in [2.05, 4.69) is 15.4 Å². The van der Waals surface area contributed by atoms with Gasteiger partial charge in [-0.1, -0.05) is 12.1 Å². The van der Waals surface area contributed by atoms with Crippen molar-refractivity contribution in [1.82, 2.24) is 20.1 Å². The largest absolute Gasteiger partial charge is 0.392 e. The predicted molar refractivity (Wildman–Crippen MR) is 84.9 cm³/mol. The second-order valence-corrected chi connectivity index (χ2v) is 5.16. The van der Waals surface area contributed by atoms with Gasteiger partial charge in [0.1, 0.15) is 18.5 Å². The van der Waals surface area contributed by atoms with Crippen LogP contribution in [0.2, 0.25) is 0 Å². The highest BCUT2D eigenvalue weighted by Gasteiger charge is 2.08. The zero-order valence-corrected chi connectivity index (χ0v) is 12.7. The summed E-state index contributed by atoms with van der Waals surface area (Å²) in [5.74, 6) is -0.722. The topological polar surface area (TPSA) is 80.0 Å². The number of aromatic nitrogens is 3. The Bertz CT molecular complexity index is 850. The number of nitrogens with one attached hydrogen (secondary N) is 1.